The fraction of sp³-hybridized carbons (Fsp3) is 0.917. The molecule has 2 bridgehead atoms. The fourth-order valence-corrected chi connectivity index (χ4v) is 3.80. The minimum Gasteiger partial charge on any atom is -0.481 e. The second-order valence-corrected chi connectivity index (χ2v) is 5.63. The number of aliphatic hydroxyl groups is 1. The van der Waals surface area contributed by atoms with Gasteiger partial charge in [-0.15, -0.1) is 0 Å². The van der Waals surface area contributed by atoms with E-state index >= 15 is 0 Å². The predicted molar refractivity (Wildman–Crippen MR) is 56.4 cm³/mol. The highest BCUT2D eigenvalue weighted by Crippen LogP contribution is 2.54. The first-order valence-electron chi connectivity index (χ1n) is 5.90. The molecule has 0 aromatic carbocycles. The van der Waals surface area contributed by atoms with Crippen LogP contribution in [-0.2, 0) is 4.79 Å². The maximum absolute atomic E-state index is 11.2. The SMILES string of the molecule is CC(C)C(C(=O)O)C1(O)CC2CCC1C2. The number of fused-ring (bicyclic) bond motifs is 2. The second-order valence-electron chi connectivity index (χ2n) is 5.63. The van der Waals surface area contributed by atoms with E-state index in [0.29, 0.717) is 12.3 Å². The van der Waals surface area contributed by atoms with Crippen molar-refractivity contribution < 1.29 is 15.0 Å². The van der Waals surface area contributed by atoms with Crippen LogP contribution in [0.1, 0.15) is 39.5 Å². The van der Waals surface area contributed by atoms with E-state index in [2.05, 4.69) is 0 Å². The van der Waals surface area contributed by atoms with Gasteiger partial charge >= 0.3 is 5.97 Å². The zero-order valence-electron chi connectivity index (χ0n) is 9.44. The first-order valence-corrected chi connectivity index (χ1v) is 5.90. The van der Waals surface area contributed by atoms with E-state index in [4.69, 9.17) is 0 Å². The van der Waals surface area contributed by atoms with Gasteiger partial charge in [0, 0.05) is 0 Å². The Morgan fingerprint density at radius 2 is 2.07 bits per heavy atom. The van der Waals surface area contributed by atoms with E-state index in [1.54, 1.807) is 0 Å². The standard InChI is InChI=1S/C12H20O3/c1-7(2)10(11(13)14)12(15)6-8-3-4-9(12)5-8/h7-10,15H,3-6H2,1-2H3,(H,13,14). The van der Waals surface area contributed by atoms with Crippen molar-refractivity contribution in [1.29, 1.82) is 0 Å². The van der Waals surface area contributed by atoms with Crippen LogP contribution in [0, 0.1) is 23.7 Å². The average Bonchev–Trinajstić information content (AvgIpc) is 2.60. The Labute approximate surface area is 90.5 Å². The summed E-state index contributed by atoms with van der Waals surface area (Å²) >= 11 is 0. The number of carboxylic acid groups (broad SMARTS) is 1. The quantitative estimate of drug-likeness (QED) is 0.751. The van der Waals surface area contributed by atoms with Crippen LogP contribution in [0.5, 0.6) is 0 Å². The lowest BCUT2D eigenvalue weighted by Gasteiger charge is -2.39. The molecule has 0 saturated heterocycles. The average molecular weight is 212 g/mol. The summed E-state index contributed by atoms with van der Waals surface area (Å²) in [5.41, 5.74) is -0.928. The monoisotopic (exact) mass is 212 g/mol. The first kappa shape index (κ1) is 10.9. The summed E-state index contributed by atoms with van der Waals surface area (Å²) in [4.78, 5) is 11.2. The van der Waals surface area contributed by atoms with Crippen LogP contribution in [0.3, 0.4) is 0 Å². The Balaban J connectivity index is 2.23. The molecule has 3 heteroatoms. The molecule has 0 radical (unpaired) electrons. The van der Waals surface area contributed by atoms with Crippen molar-refractivity contribution in [3.8, 4) is 0 Å². The molecule has 0 aromatic heterocycles. The van der Waals surface area contributed by atoms with Gasteiger partial charge in [-0.1, -0.05) is 13.8 Å². The molecule has 2 aliphatic carbocycles. The highest BCUT2D eigenvalue weighted by atomic mass is 16.4. The third-order valence-corrected chi connectivity index (χ3v) is 4.34. The summed E-state index contributed by atoms with van der Waals surface area (Å²) in [7, 11) is 0. The second kappa shape index (κ2) is 3.48. The van der Waals surface area contributed by atoms with Crippen LogP contribution in [0.25, 0.3) is 0 Å². The van der Waals surface area contributed by atoms with E-state index < -0.39 is 17.5 Å². The molecule has 4 unspecified atom stereocenters. The van der Waals surface area contributed by atoms with E-state index in [-0.39, 0.29) is 11.8 Å². The predicted octanol–water partition coefficient (Wildman–Crippen LogP) is 1.89. The van der Waals surface area contributed by atoms with Gasteiger partial charge in [0.25, 0.3) is 0 Å². The van der Waals surface area contributed by atoms with Gasteiger partial charge in [-0.3, -0.25) is 4.79 Å². The van der Waals surface area contributed by atoms with Crippen molar-refractivity contribution in [3.05, 3.63) is 0 Å². The molecule has 15 heavy (non-hydrogen) atoms. The summed E-state index contributed by atoms with van der Waals surface area (Å²) in [5.74, 6) is -0.619. The summed E-state index contributed by atoms with van der Waals surface area (Å²) in [6, 6.07) is 0. The molecular weight excluding hydrogens is 192 g/mol. The minimum atomic E-state index is -0.928. The van der Waals surface area contributed by atoms with Gasteiger partial charge in [0.15, 0.2) is 0 Å². The first-order chi connectivity index (χ1) is 6.95. The highest BCUT2D eigenvalue weighted by molar-refractivity contribution is 5.72. The van der Waals surface area contributed by atoms with E-state index in [0.717, 1.165) is 12.8 Å². The lowest BCUT2D eigenvalue weighted by Crippen LogP contribution is -2.49. The molecular formula is C12H20O3. The van der Waals surface area contributed by atoms with Crippen LogP contribution in [0.15, 0.2) is 0 Å². The zero-order chi connectivity index (χ0) is 11.2. The van der Waals surface area contributed by atoms with Crippen LogP contribution in [0.2, 0.25) is 0 Å². The van der Waals surface area contributed by atoms with Crippen molar-refractivity contribution in [2.75, 3.05) is 0 Å². The Morgan fingerprint density at radius 3 is 2.40 bits per heavy atom. The van der Waals surface area contributed by atoms with Crippen molar-refractivity contribution in [2.45, 2.75) is 45.1 Å². The van der Waals surface area contributed by atoms with Crippen molar-refractivity contribution >= 4 is 5.97 Å². The molecule has 0 aliphatic heterocycles. The molecule has 2 saturated carbocycles. The number of carboxylic acids is 1. The Hall–Kier alpha value is -0.570. The summed E-state index contributed by atoms with van der Waals surface area (Å²) in [6.45, 7) is 3.78. The third-order valence-electron chi connectivity index (χ3n) is 4.34. The van der Waals surface area contributed by atoms with Gasteiger partial charge in [0.05, 0.1) is 11.5 Å². The number of carbonyl (C=O) groups is 1. The van der Waals surface area contributed by atoms with Crippen molar-refractivity contribution in [1.82, 2.24) is 0 Å². The molecule has 2 fully saturated rings. The Kier molecular flexibility index (Phi) is 2.53. The molecule has 2 rings (SSSR count). The molecule has 2 N–H and O–H groups in total. The maximum atomic E-state index is 11.2. The van der Waals surface area contributed by atoms with Crippen LogP contribution < -0.4 is 0 Å². The lowest BCUT2D eigenvalue weighted by atomic mass is 9.70. The van der Waals surface area contributed by atoms with Crippen LogP contribution in [0.4, 0.5) is 0 Å². The number of hydrogen-bond donors (Lipinski definition) is 2. The number of hydrogen-bond acceptors (Lipinski definition) is 2. The summed E-state index contributed by atoms with van der Waals surface area (Å²) < 4.78 is 0. The van der Waals surface area contributed by atoms with E-state index in [1.807, 2.05) is 13.8 Å². The van der Waals surface area contributed by atoms with Gasteiger partial charge in [-0.2, -0.15) is 0 Å². The molecule has 86 valence electrons. The van der Waals surface area contributed by atoms with Gasteiger partial charge in [-0.05, 0) is 43.4 Å². The Morgan fingerprint density at radius 1 is 1.40 bits per heavy atom. The summed E-state index contributed by atoms with van der Waals surface area (Å²) in [6.07, 6.45) is 3.93. The molecule has 0 aromatic rings. The topological polar surface area (TPSA) is 57.5 Å². The van der Waals surface area contributed by atoms with Gasteiger partial charge in [0.1, 0.15) is 0 Å². The van der Waals surface area contributed by atoms with Crippen molar-refractivity contribution in [3.63, 3.8) is 0 Å². The maximum Gasteiger partial charge on any atom is 0.309 e. The van der Waals surface area contributed by atoms with Gasteiger partial charge in [0.2, 0.25) is 0 Å². The lowest BCUT2D eigenvalue weighted by molar-refractivity contribution is -0.161. The molecule has 4 atom stereocenters. The molecule has 0 spiro atoms. The third kappa shape index (κ3) is 1.57. The van der Waals surface area contributed by atoms with E-state index in [9.17, 15) is 15.0 Å². The molecule has 0 heterocycles. The smallest absolute Gasteiger partial charge is 0.309 e. The van der Waals surface area contributed by atoms with Gasteiger partial charge < -0.3 is 10.2 Å². The highest BCUT2D eigenvalue weighted by Gasteiger charge is 2.56. The molecule has 3 nitrogen and oxygen atoms in total. The Bertz CT molecular complexity index is 274. The van der Waals surface area contributed by atoms with Crippen LogP contribution >= 0.6 is 0 Å². The normalized spacial score (nSPS) is 41.1. The van der Waals surface area contributed by atoms with Crippen LogP contribution in [-0.4, -0.2) is 21.8 Å². The van der Waals surface area contributed by atoms with E-state index in [1.165, 1.54) is 6.42 Å². The summed E-state index contributed by atoms with van der Waals surface area (Å²) in [5, 5.41) is 19.8. The minimum absolute atomic E-state index is 0.00634. The number of rotatable bonds is 3. The van der Waals surface area contributed by atoms with Crippen molar-refractivity contribution in [2.24, 2.45) is 23.7 Å². The largest absolute Gasteiger partial charge is 0.481 e. The van der Waals surface area contributed by atoms with Gasteiger partial charge in [-0.25, -0.2) is 0 Å². The number of aliphatic carboxylic acids is 1. The zero-order valence-corrected chi connectivity index (χ0v) is 9.44. The molecule has 2 aliphatic rings. The fourth-order valence-electron chi connectivity index (χ4n) is 3.80. The molecule has 0 amide bonds.